The van der Waals surface area contributed by atoms with Crippen LogP contribution in [-0.2, 0) is 6.54 Å². The number of hydrogen-bond acceptors (Lipinski definition) is 4. The van der Waals surface area contributed by atoms with Gasteiger partial charge in [-0.25, -0.2) is 4.98 Å². The molecule has 0 saturated heterocycles. The highest BCUT2D eigenvalue weighted by atomic mass is 32.1. The molecule has 1 aliphatic carbocycles. The number of hydrogen-bond donors (Lipinski definition) is 1. The lowest BCUT2D eigenvalue weighted by atomic mass is 10.2. The van der Waals surface area contributed by atoms with E-state index in [1.54, 1.807) is 0 Å². The lowest BCUT2D eigenvalue weighted by Gasteiger charge is -2.16. The second-order valence-corrected chi connectivity index (χ2v) is 6.10. The maximum Gasteiger partial charge on any atom is 0.185 e. The fourth-order valence-electron chi connectivity index (χ4n) is 2.57. The minimum Gasteiger partial charge on any atom is -0.349 e. The standard InChI is InChI=1S/C14H25N3S/c1-4-17(5-2)14-16-11(3)13(18-14)10-15-12-8-6-7-9-12/h12,15H,4-10H2,1-3H3. The molecule has 1 aromatic rings. The van der Waals surface area contributed by atoms with Gasteiger partial charge < -0.3 is 10.2 Å². The van der Waals surface area contributed by atoms with E-state index in [0.717, 1.165) is 25.7 Å². The fourth-order valence-corrected chi connectivity index (χ4v) is 3.71. The molecule has 1 N–H and O–H groups in total. The first kappa shape index (κ1) is 13.8. The van der Waals surface area contributed by atoms with Crippen LogP contribution in [0.5, 0.6) is 0 Å². The Hall–Kier alpha value is -0.610. The first-order valence-corrected chi connectivity index (χ1v) is 8.00. The quantitative estimate of drug-likeness (QED) is 0.857. The molecule has 0 bridgehead atoms. The maximum atomic E-state index is 4.70. The average Bonchev–Trinajstić information content (AvgIpc) is 2.98. The summed E-state index contributed by atoms with van der Waals surface area (Å²) >= 11 is 1.85. The number of anilines is 1. The Morgan fingerprint density at radius 2 is 1.94 bits per heavy atom. The van der Waals surface area contributed by atoms with Gasteiger partial charge in [-0.15, -0.1) is 11.3 Å². The molecule has 0 unspecified atom stereocenters. The Bertz CT molecular complexity index is 365. The summed E-state index contributed by atoms with van der Waals surface area (Å²) in [5.41, 5.74) is 1.20. The lowest BCUT2D eigenvalue weighted by molar-refractivity contribution is 0.526. The zero-order valence-electron chi connectivity index (χ0n) is 11.8. The molecule has 3 nitrogen and oxygen atoms in total. The predicted molar refractivity (Wildman–Crippen MR) is 79.5 cm³/mol. The van der Waals surface area contributed by atoms with E-state index < -0.39 is 0 Å². The van der Waals surface area contributed by atoms with Crippen LogP contribution >= 0.6 is 11.3 Å². The van der Waals surface area contributed by atoms with Crippen molar-refractivity contribution in [2.24, 2.45) is 0 Å². The van der Waals surface area contributed by atoms with Gasteiger partial charge in [0, 0.05) is 30.6 Å². The summed E-state index contributed by atoms with van der Waals surface area (Å²) < 4.78 is 0. The fraction of sp³-hybridized carbons (Fsp3) is 0.786. The van der Waals surface area contributed by atoms with Gasteiger partial charge in [0.15, 0.2) is 5.13 Å². The number of aryl methyl sites for hydroxylation is 1. The maximum absolute atomic E-state index is 4.70. The number of nitrogens with zero attached hydrogens (tertiary/aromatic N) is 2. The largest absolute Gasteiger partial charge is 0.349 e. The molecule has 4 heteroatoms. The van der Waals surface area contributed by atoms with Crippen molar-refractivity contribution < 1.29 is 0 Å². The Morgan fingerprint density at radius 1 is 1.28 bits per heavy atom. The van der Waals surface area contributed by atoms with E-state index in [2.05, 4.69) is 31.0 Å². The van der Waals surface area contributed by atoms with Crippen molar-refractivity contribution in [2.75, 3.05) is 18.0 Å². The van der Waals surface area contributed by atoms with Crippen LogP contribution < -0.4 is 10.2 Å². The van der Waals surface area contributed by atoms with Gasteiger partial charge in [0.1, 0.15) is 0 Å². The van der Waals surface area contributed by atoms with Crippen molar-refractivity contribution in [1.82, 2.24) is 10.3 Å². The molecule has 0 aromatic carbocycles. The predicted octanol–water partition coefficient (Wildman–Crippen LogP) is 3.33. The Morgan fingerprint density at radius 3 is 2.56 bits per heavy atom. The summed E-state index contributed by atoms with van der Waals surface area (Å²) in [5, 5.41) is 4.86. The van der Waals surface area contributed by atoms with Crippen LogP contribution in [0.2, 0.25) is 0 Å². The molecule has 1 aromatic heterocycles. The summed E-state index contributed by atoms with van der Waals surface area (Å²) in [6.45, 7) is 9.59. The van der Waals surface area contributed by atoms with Crippen molar-refractivity contribution in [3.8, 4) is 0 Å². The molecule has 1 fully saturated rings. The van der Waals surface area contributed by atoms with Gasteiger partial charge in [0.05, 0.1) is 5.69 Å². The van der Waals surface area contributed by atoms with Gasteiger partial charge in [0.2, 0.25) is 0 Å². The molecule has 0 atom stereocenters. The molecule has 2 rings (SSSR count). The van der Waals surface area contributed by atoms with Crippen LogP contribution in [0.4, 0.5) is 5.13 Å². The summed E-state index contributed by atoms with van der Waals surface area (Å²) in [5.74, 6) is 0. The van der Waals surface area contributed by atoms with E-state index in [4.69, 9.17) is 4.98 Å². The van der Waals surface area contributed by atoms with Crippen LogP contribution in [0.3, 0.4) is 0 Å². The number of thiazole rings is 1. The number of rotatable bonds is 6. The van der Waals surface area contributed by atoms with Gasteiger partial charge in [-0.05, 0) is 33.6 Å². The molecule has 102 valence electrons. The van der Waals surface area contributed by atoms with E-state index in [-0.39, 0.29) is 0 Å². The molecule has 1 aliphatic rings. The molecule has 0 spiro atoms. The molecular weight excluding hydrogens is 242 g/mol. The Kier molecular flexibility index (Phi) is 5.01. The van der Waals surface area contributed by atoms with E-state index in [1.165, 1.54) is 41.4 Å². The minimum absolute atomic E-state index is 0.739. The SMILES string of the molecule is CCN(CC)c1nc(C)c(CNC2CCCC2)s1. The average molecular weight is 267 g/mol. The van der Waals surface area contributed by atoms with Crippen LogP contribution in [0, 0.1) is 6.92 Å². The molecule has 0 amide bonds. The van der Waals surface area contributed by atoms with E-state index in [1.807, 2.05) is 11.3 Å². The van der Waals surface area contributed by atoms with Crippen LogP contribution in [-0.4, -0.2) is 24.1 Å². The monoisotopic (exact) mass is 267 g/mol. The summed E-state index contributed by atoms with van der Waals surface area (Å²) in [7, 11) is 0. The summed E-state index contributed by atoms with van der Waals surface area (Å²) in [6.07, 6.45) is 5.48. The lowest BCUT2D eigenvalue weighted by Crippen LogP contribution is -2.25. The zero-order valence-corrected chi connectivity index (χ0v) is 12.6. The molecule has 0 radical (unpaired) electrons. The van der Waals surface area contributed by atoms with Crippen molar-refractivity contribution in [3.63, 3.8) is 0 Å². The van der Waals surface area contributed by atoms with Crippen LogP contribution in [0.1, 0.15) is 50.1 Å². The molecule has 1 saturated carbocycles. The third-order valence-corrected chi connectivity index (χ3v) is 5.04. The Labute approximate surface area is 115 Å². The van der Waals surface area contributed by atoms with E-state index >= 15 is 0 Å². The third-order valence-electron chi connectivity index (χ3n) is 3.82. The van der Waals surface area contributed by atoms with E-state index in [9.17, 15) is 0 Å². The first-order chi connectivity index (χ1) is 8.74. The van der Waals surface area contributed by atoms with Gasteiger partial charge in [-0.1, -0.05) is 12.8 Å². The highest BCUT2D eigenvalue weighted by Crippen LogP contribution is 2.26. The zero-order chi connectivity index (χ0) is 13.0. The van der Waals surface area contributed by atoms with Gasteiger partial charge in [-0.2, -0.15) is 0 Å². The van der Waals surface area contributed by atoms with Crippen LogP contribution in [0.15, 0.2) is 0 Å². The van der Waals surface area contributed by atoms with Crippen molar-refractivity contribution in [3.05, 3.63) is 10.6 Å². The van der Waals surface area contributed by atoms with Crippen LogP contribution in [0.25, 0.3) is 0 Å². The van der Waals surface area contributed by atoms with Crippen molar-refractivity contribution >= 4 is 16.5 Å². The normalized spacial score (nSPS) is 16.4. The summed E-state index contributed by atoms with van der Waals surface area (Å²) in [6, 6.07) is 0.739. The molecule has 1 heterocycles. The summed E-state index contributed by atoms with van der Waals surface area (Å²) in [4.78, 5) is 8.44. The van der Waals surface area contributed by atoms with Gasteiger partial charge >= 0.3 is 0 Å². The second kappa shape index (κ2) is 6.53. The molecule has 18 heavy (non-hydrogen) atoms. The highest BCUT2D eigenvalue weighted by molar-refractivity contribution is 7.15. The topological polar surface area (TPSA) is 28.2 Å². The van der Waals surface area contributed by atoms with Crippen molar-refractivity contribution in [1.29, 1.82) is 0 Å². The Balaban J connectivity index is 1.95. The van der Waals surface area contributed by atoms with Gasteiger partial charge in [0.25, 0.3) is 0 Å². The molecular formula is C14H25N3S. The highest BCUT2D eigenvalue weighted by Gasteiger charge is 2.16. The van der Waals surface area contributed by atoms with Crippen molar-refractivity contribution in [2.45, 2.75) is 59.0 Å². The van der Waals surface area contributed by atoms with E-state index in [0.29, 0.717) is 0 Å². The smallest absolute Gasteiger partial charge is 0.185 e. The minimum atomic E-state index is 0.739. The third kappa shape index (κ3) is 3.23. The second-order valence-electron chi connectivity index (χ2n) is 5.04. The molecule has 0 aliphatic heterocycles. The van der Waals surface area contributed by atoms with Gasteiger partial charge in [-0.3, -0.25) is 0 Å². The number of aromatic nitrogens is 1. The first-order valence-electron chi connectivity index (χ1n) is 7.19. The number of nitrogens with one attached hydrogen (secondary N) is 1.